The predicted octanol–water partition coefficient (Wildman–Crippen LogP) is 2.82. The molecule has 9 nitrogen and oxygen atoms in total. The minimum Gasteiger partial charge on any atom is -0.380 e. The first kappa shape index (κ1) is 23.1. The van der Waals surface area contributed by atoms with Crippen LogP contribution in [0.25, 0.3) is 10.9 Å². The number of carbonyl (C=O) groups is 1. The first-order valence-electron chi connectivity index (χ1n) is 10.8. The number of nitrogens with one attached hydrogen (secondary N) is 2. The lowest BCUT2D eigenvalue weighted by Gasteiger charge is -2.37. The van der Waals surface area contributed by atoms with Gasteiger partial charge in [-0.2, -0.15) is 0 Å². The SMILES string of the molecule is COCc1cccnc1N(C)C1CCN(C(=O)c2c[nH]c3ccc(NS(C)(=O)=O)cc23)CC1. The summed E-state index contributed by atoms with van der Waals surface area (Å²) in [5.74, 6) is 0.850. The van der Waals surface area contributed by atoms with Crippen molar-refractivity contribution in [1.82, 2.24) is 14.9 Å². The monoisotopic (exact) mass is 471 g/mol. The van der Waals surface area contributed by atoms with Crippen molar-refractivity contribution in [3.63, 3.8) is 0 Å². The average Bonchev–Trinajstić information content (AvgIpc) is 3.21. The minimum absolute atomic E-state index is 0.0585. The number of ether oxygens (including phenoxy) is 1. The average molecular weight is 472 g/mol. The van der Waals surface area contributed by atoms with Crippen molar-refractivity contribution in [2.75, 3.05) is 43.1 Å². The van der Waals surface area contributed by atoms with Crippen molar-refractivity contribution in [2.24, 2.45) is 0 Å². The first-order valence-corrected chi connectivity index (χ1v) is 12.7. The number of aromatic nitrogens is 2. The van der Waals surface area contributed by atoms with Crippen LogP contribution in [0.1, 0.15) is 28.8 Å². The summed E-state index contributed by atoms with van der Waals surface area (Å²) >= 11 is 0. The second kappa shape index (κ2) is 9.40. The third kappa shape index (κ3) is 5.12. The molecule has 3 heterocycles. The summed E-state index contributed by atoms with van der Waals surface area (Å²) in [6.45, 7) is 1.77. The van der Waals surface area contributed by atoms with Gasteiger partial charge in [0.1, 0.15) is 5.82 Å². The van der Waals surface area contributed by atoms with Gasteiger partial charge in [-0.1, -0.05) is 6.07 Å². The molecule has 2 N–H and O–H groups in total. The fourth-order valence-corrected chi connectivity index (χ4v) is 4.95. The highest BCUT2D eigenvalue weighted by molar-refractivity contribution is 7.92. The lowest BCUT2D eigenvalue weighted by molar-refractivity contribution is 0.0715. The number of rotatable bonds is 7. The molecule has 33 heavy (non-hydrogen) atoms. The van der Waals surface area contributed by atoms with E-state index < -0.39 is 10.0 Å². The van der Waals surface area contributed by atoms with E-state index in [0.717, 1.165) is 36.0 Å². The predicted molar refractivity (Wildman–Crippen MR) is 129 cm³/mol. The maximum absolute atomic E-state index is 13.3. The third-order valence-corrected chi connectivity index (χ3v) is 6.62. The number of piperidine rings is 1. The molecule has 1 aliphatic heterocycles. The van der Waals surface area contributed by atoms with Crippen LogP contribution >= 0.6 is 0 Å². The van der Waals surface area contributed by atoms with E-state index in [9.17, 15) is 13.2 Å². The second-order valence-corrected chi connectivity index (χ2v) is 10.1. The Labute approximate surface area is 193 Å². The largest absolute Gasteiger partial charge is 0.380 e. The van der Waals surface area contributed by atoms with E-state index in [1.165, 1.54) is 0 Å². The van der Waals surface area contributed by atoms with Gasteiger partial charge in [0, 0.05) is 67.8 Å². The van der Waals surface area contributed by atoms with Gasteiger partial charge in [0.05, 0.1) is 18.4 Å². The number of likely N-dealkylation sites (tertiary alicyclic amines) is 1. The molecule has 2 aromatic heterocycles. The van der Waals surface area contributed by atoms with Crippen molar-refractivity contribution >= 4 is 38.3 Å². The molecular formula is C23H29N5O4S. The molecule has 0 atom stereocenters. The Hall–Kier alpha value is -3.11. The molecule has 1 amide bonds. The topological polar surface area (TPSA) is 108 Å². The Balaban J connectivity index is 1.47. The van der Waals surface area contributed by atoms with Crippen molar-refractivity contribution in [3.05, 3.63) is 53.9 Å². The number of amides is 1. The van der Waals surface area contributed by atoms with Gasteiger partial charge in [0.25, 0.3) is 5.91 Å². The number of hydrogen-bond acceptors (Lipinski definition) is 6. The van der Waals surface area contributed by atoms with E-state index in [0.29, 0.717) is 36.3 Å². The van der Waals surface area contributed by atoms with Crippen molar-refractivity contribution < 1.29 is 17.9 Å². The molecule has 176 valence electrons. The fourth-order valence-electron chi connectivity index (χ4n) is 4.39. The zero-order valence-electron chi connectivity index (χ0n) is 19.0. The zero-order chi connectivity index (χ0) is 23.6. The molecule has 0 saturated carbocycles. The van der Waals surface area contributed by atoms with Crippen molar-refractivity contribution in [2.45, 2.75) is 25.5 Å². The number of benzene rings is 1. The highest BCUT2D eigenvalue weighted by atomic mass is 32.2. The molecule has 1 aromatic carbocycles. The van der Waals surface area contributed by atoms with E-state index in [4.69, 9.17) is 4.74 Å². The van der Waals surface area contributed by atoms with Crippen LogP contribution in [0.15, 0.2) is 42.7 Å². The number of nitrogens with zero attached hydrogens (tertiary/aromatic N) is 3. The number of fused-ring (bicyclic) bond motifs is 1. The molecule has 1 aliphatic rings. The normalized spacial score (nSPS) is 15.1. The van der Waals surface area contributed by atoms with Crippen LogP contribution in [-0.2, 0) is 21.4 Å². The number of aromatic amines is 1. The summed E-state index contributed by atoms with van der Waals surface area (Å²) in [6, 6.07) is 9.33. The third-order valence-electron chi connectivity index (χ3n) is 6.02. The van der Waals surface area contributed by atoms with E-state index in [-0.39, 0.29) is 11.9 Å². The summed E-state index contributed by atoms with van der Waals surface area (Å²) in [7, 11) is 0.314. The van der Waals surface area contributed by atoms with Crippen LogP contribution in [-0.4, -0.2) is 68.7 Å². The van der Waals surface area contributed by atoms with E-state index in [2.05, 4.69) is 19.6 Å². The highest BCUT2D eigenvalue weighted by Gasteiger charge is 2.28. The molecule has 10 heteroatoms. The number of carbonyl (C=O) groups excluding carboxylic acids is 1. The van der Waals surface area contributed by atoms with Gasteiger partial charge in [-0.3, -0.25) is 9.52 Å². The molecule has 0 spiro atoms. The van der Waals surface area contributed by atoms with Gasteiger partial charge in [-0.15, -0.1) is 0 Å². The number of methoxy groups -OCH3 is 1. The molecule has 1 fully saturated rings. The van der Waals surface area contributed by atoms with Crippen LogP contribution < -0.4 is 9.62 Å². The minimum atomic E-state index is -3.40. The van der Waals surface area contributed by atoms with Crippen molar-refractivity contribution in [1.29, 1.82) is 0 Å². The summed E-state index contributed by atoms with van der Waals surface area (Å²) in [5, 5.41) is 0.700. The van der Waals surface area contributed by atoms with Gasteiger partial charge >= 0.3 is 0 Å². The Morgan fingerprint density at radius 2 is 2.06 bits per heavy atom. The molecule has 4 rings (SSSR count). The lowest BCUT2D eigenvalue weighted by Crippen LogP contribution is -2.46. The van der Waals surface area contributed by atoms with Crippen molar-refractivity contribution in [3.8, 4) is 0 Å². The van der Waals surface area contributed by atoms with Gasteiger partial charge in [-0.25, -0.2) is 13.4 Å². The Kier molecular flexibility index (Phi) is 6.57. The van der Waals surface area contributed by atoms with E-state index in [1.807, 2.05) is 24.1 Å². The molecule has 0 radical (unpaired) electrons. The molecule has 0 bridgehead atoms. The summed E-state index contributed by atoms with van der Waals surface area (Å²) in [5.41, 5.74) is 2.80. The molecule has 3 aromatic rings. The Morgan fingerprint density at radius 1 is 1.30 bits per heavy atom. The number of hydrogen-bond donors (Lipinski definition) is 2. The first-order chi connectivity index (χ1) is 15.8. The lowest BCUT2D eigenvalue weighted by atomic mass is 10.0. The Bertz CT molecular complexity index is 1250. The van der Waals surface area contributed by atoms with Gasteiger partial charge in [-0.05, 0) is 37.1 Å². The van der Waals surface area contributed by atoms with E-state index >= 15 is 0 Å². The van der Waals surface area contributed by atoms with Crippen LogP contribution in [0.5, 0.6) is 0 Å². The van der Waals surface area contributed by atoms with E-state index in [1.54, 1.807) is 37.7 Å². The maximum Gasteiger partial charge on any atom is 0.256 e. The Morgan fingerprint density at radius 3 is 2.76 bits per heavy atom. The van der Waals surface area contributed by atoms with Gasteiger partial charge in [0.2, 0.25) is 10.0 Å². The van der Waals surface area contributed by atoms with Gasteiger partial charge < -0.3 is 19.5 Å². The molecule has 0 unspecified atom stereocenters. The molecule has 0 aliphatic carbocycles. The van der Waals surface area contributed by atoms with Crippen LogP contribution in [0.4, 0.5) is 11.5 Å². The maximum atomic E-state index is 13.3. The van der Waals surface area contributed by atoms with Crippen LogP contribution in [0.3, 0.4) is 0 Å². The fraction of sp³-hybridized carbons (Fsp3) is 0.391. The highest BCUT2D eigenvalue weighted by Crippen LogP contribution is 2.27. The number of anilines is 2. The number of pyridine rings is 1. The van der Waals surface area contributed by atoms with Gasteiger partial charge in [0.15, 0.2) is 0 Å². The molecule has 1 saturated heterocycles. The molecular weight excluding hydrogens is 442 g/mol. The summed E-state index contributed by atoms with van der Waals surface area (Å²) in [4.78, 5) is 25.0. The summed E-state index contributed by atoms with van der Waals surface area (Å²) < 4.78 is 30.9. The standard InChI is InChI=1S/C23H29N5O4S/c1-27(22-16(15-32-2)5-4-10-24-22)18-8-11-28(12-9-18)23(29)20-14-25-21-7-6-17(13-19(20)21)26-33(3,30)31/h4-7,10,13-14,18,25-26H,8-9,11-12,15H2,1-3H3. The second-order valence-electron chi connectivity index (χ2n) is 8.39. The number of H-pyrrole nitrogens is 1. The smallest absolute Gasteiger partial charge is 0.256 e. The summed E-state index contributed by atoms with van der Waals surface area (Å²) in [6.07, 6.45) is 6.24. The number of sulfonamides is 1. The van der Waals surface area contributed by atoms with Crippen LogP contribution in [0.2, 0.25) is 0 Å². The quantitative estimate of drug-likeness (QED) is 0.549. The zero-order valence-corrected chi connectivity index (χ0v) is 19.9. The van der Waals surface area contributed by atoms with Crippen LogP contribution in [0, 0.1) is 0 Å².